The number of hydrogen-bond donors (Lipinski definition) is 2. The van der Waals surface area contributed by atoms with Gasteiger partial charge in [-0.15, -0.1) is 0 Å². The zero-order valence-electron chi connectivity index (χ0n) is 16.2. The largest absolute Gasteiger partial charge is 0.382 e. The lowest BCUT2D eigenvalue weighted by Crippen LogP contribution is -2.13. The molecule has 1 aromatic heterocycles. The molecule has 0 fully saturated rings. The van der Waals surface area contributed by atoms with Crippen molar-refractivity contribution in [2.75, 3.05) is 11.1 Å². The fourth-order valence-corrected chi connectivity index (χ4v) is 3.87. The second-order valence-electron chi connectivity index (χ2n) is 6.69. The topological polar surface area (TPSA) is 72.9 Å². The van der Waals surface area contributed by atoms with E-state index < -0.39 is 0 Å². The highest BCUT2D eigenvalue weighted by molar-refractivity contribution is 7.99. The van der Waals surface area contributed by atoms with Gasteiger partial charge in [-0.05, 0) is 55.5 Å². The molecule has 4 aromatic rings. The average Bonchev–Trinajstić information content (AvgIpc) is 3.06. The summed E-state index contributed by atoms with van der Waals surface area (Å²) in [5.74, 6) is 0.0786. The zero-order chi connectivity index (χ0) is 21.1. The predicted octanol–water partition coefficient (Wildman–Crippen LogP) is 5.82. The maximum atomic E-state index is 12.8. The Hall–Kier alpha value is -3.22. The molecule has 0 saturated heterocycles. The molecule has 0 spiro atoms. The molecule has 0 atom stereocenters. The molecule has 7 heteroatoms. The number of nitrogens with one attached hydrogen (secondary N) is 1. The minimum Gasteiger partial charge on any atom is -0.382 e. The number of carbonyl (C=O) groups is 1. The number of rotatable bonds is 5. The van der Waals surface area contributed by atoms with Gasteiger partial charge in [0.15, 0.2) is 5.82 Å². The van der Waals surface area contributed by atoms with E-state index in [4.69, 9.17) is 17.3 Å². The molecule has 0 saturated carbocycles. The second kappa shape index (κ2) is 8.65. The molecule has 4 rings (SSSR count). The molecule has 3 aromatic carbocycles. The van der Waals surface area contributed by atoms with Gasteiger partial charge in [0, 0.05) is 15.5 Å². The van der Waals surface area contributed by atoms with Gasteiger partial charge in [-0.3, -0.25) is 4.79 Å². The summed E-state index contributed by atoms with van der Waals surface area (Å²) in [6.45, 7) is 2.04. The van der Waals surface area contributed by atoms with E-state index in [1.165, 1.54) is 17.3 Å². The van der Waals surface area contributed by atoms with E-state index in [2.05, 4.69) is 10.4 Å². The molecule has 150 valence electrons. The van der Waals surface area contributed by atoms with Gasteiger partial charge in [-0.2, -0.15) is 5.10 Å². The van der Waals surface area contributed by atoms with Crippen molar-refractivity contribution in [1.29, 1.82) is 0 Å². The Balaban J connectivity index is 1.72. The predicted molar refractivity (Wildman–Crippen MR) is 123 cm³/mol. The number of aryl methyl sites for hydroxylation is 1. The molecular weight excluding hydrogens is 416 g/mol. The number of benzene rings is 3. The fourth-order valence-electron chi connectivity index (χ4n) is 2.87. The first kappa shape index (κ1) is 20.1. The van der Waals surface area contributed by atoms with Gasteiger partial charge in [0.2, 0.25) is 0 Å². The van der Waals surface area contributed by atoms with E-state index in [0.717, 1.165) is 10.6 Å². The van der Waals surface area contributed by atoms with E-state index in [9.17, 15) is 4.79 Å². The first-order valence-electron chi connectivity index (χ1n) is 9.26. The molecule has 1 heterocycles. The lowest BCUT2D eigenvalue weighted by atomic mass is 10.2. The van der Waals surface area contributed by atoms with Crippen molar-refractivity contribution >= 4 is 40.8 Å². The summed E-state index contributed by atoms with van der Waals surface area (Å²) in [6.07, 6.45) is 0. The number of para-hydroxylation sites is 1. The summed E-state index contributed by atoms with van der Waals surface area (Å²) in [5.41, 5.74) is 9.36. The van der Waals surface area contributed by atoms with Crippen LogP contribution in [-0.4, -0.2) is 15.7 Å². The Kier molecular flexibility index (Phi) is 5.79. The van der Waals surface area contributed by atoms with Crippen LogP contribution in [0.25, 0.3) is 5.69 Å². The van der Waals surface area contributed by atoms with Crippen LogP contribution in [0.4, 0.5) is 11.5 Å². The Morgan fingerprint density at radius 3 is 2.33 bits per heavy atom. The minimum absolute atomic E-state index is 0.281. The lowest BCUT2D eigenvalue weighted by molar-refractivity contribution is 0.102. The summed E-state index contributed by atoms with van der Waals surface area (Å²) in [5, 5.41) is 8.78. The van der Waals surface area contributed by atoms with Gasteiger partial charge in [0.25, 0.3) is 5.91 Å². The highest BCUT2D eigenvalue weighted by atomic mass is 35.5. The molecule has 5 nitrogen and oxygen atoms in total. The van der Waals surface area contributed by atoms with Gasteiger partial charge < -0.3 is 11.1 Å². The number of halogens is 1. The molecule has 1 amide bonds. The van der Waals surface area contributed by atoms with Crippen molar-refractivity contribution in [2.45, 2.75) is 16.8 Å². The van der Waals surface area contributed by atoms with E-state index >= 15 is 0 Å². The van der Waals surface area contributed by atoms with Gasteiger partial charge >= 0.3 is 0 Å². The van der Waals surface area contributed by atoms with E-state index in [1.807, 2.05) is 61.5 Å². The Bertz CT molecular complexity index is 1170. The second-order valence-corrected chi connectivity index (χ2v) is 8.19. The van der Waals surface area contributed by atoms with Crippen molar-refractivity contribution in [3.63, 3.8) is 0 Å². The number of carbonyl (C=O) groups excluding carboxylic acids is 1. The first-order chi connectivity index (χ1) is 14.5. The van der Waals surface area contributed by atoms with Gasteiger partial charge in [0.05, 0.1) is 5.69 Å². The van der Waals surface area contributed by atoms with Crippen molar-refractivity contribution in [3.8, 4) is 5.69 Å². The molecule has 0 aliphatic carbocycles. The van der Waals surface area contributed by atoms with Crippen LogP contribution in [0.5, 0.6) is 0 Å². The summed E-state index contributed by atoms with van der Waals surface area (Å²) in [7, 11) is 0. The van der Waals surface area contributed by atoms with Crippen molar-refractivity contribution < 1.29 is 4.79 Å². The molecule has 0 aliphatic heterocycles. The highest BCUT2D eigenvalue weighted by Crippen LogP contribution is 2.37. The van der Waals surface area contributed by atoms with Crippen molar-refractivity contribution in [3.05, 3.63) is 95.0 Å². The third-order valence-corrected chi connectivity index (χ3v) is 5.71. The first-order valence-corrected chi connectivity index (χ1v) is 10.5. The van der Waals surface area contributed by atoms with Gasteiger partial charge in [-0.25, -0.2) is 4.68 Å². The summed E-state index contributed by atoms with van der Waals surface area (Å²) >= 11 is 7.38. The Labute approximate surface area is 183 Å². The van der Waals surface area contributed by atoms with E-state index in [0.29, 0.717) is 27.1 Å². The molecule has 0 aliphatic rings. The number of nitrogen functional groups attached to an aromatic ring is 1. The Morgan fingerprint density at radius 1 is 1.00 bits per heavy atom. The molecule has 0 radical (unpaired) electrons. The van der Waals surface area contributed by atoms with Crippen LogP contribution >= 0.6 is 23.4 Å². The maximum absolute atomic E-state index is 12.8. The normalized spacial score (nSPS) is 10.7. The third kappa shape index (κ3) is 4.35. The molecule has 0 unspecified atom stereocenters. The van der Waals surface area contributed by atoms with Crippen LogP contribution < -0.4 is 11.1 Å². The quantitative estimate of drug-likeness (QED) is 0.415. The summed E-state index contributed by atoms with van der Waals surface area (Å²) in [4.78, 5) is 13.8. The Morgan fingerprint density at radius 2 is 1.67 bits per heavy atom. The molecular formula is C23H19ClN4OS. The number of anilines is 2. The van der Waals surface area contributed by atoms with Crippen molar-refractivity contribution in [1.82, 2.24) is 9.78 Å². The SMILES string of the molecule is Cc1ccc(Sc2nn(-c3ccccc3)c(N)c2NC(=O)c2ccc(Cl)cc2)cc1. The van der Waals surface area contributed by atoms with Gasteiger partial charge in [0.1, 0.15) is 10.7 Å². The maximum Gasteiger partial charge on any atom is 0.255 e. The zero-order valence-corrected chi connectivity index (χ0v) is 17.7. The van der Waals surface area contributed by atoms with Crippen molar-refractivity contribution in [2.24, 2.45) is 0 Å². The van der Waals surface area contributed by atoms with Crippen LogP contribution in [0.2, 0.25) is 5.02 Å². The number of aromatic nitrogens is 2. The van der Waals surface area contributed by atoms with Crippen LogP contribution in [0.3, 0.4) is 0 Å². The smallest absolute Gasteiger partial charge is 0.255 e. The van der Waals surface area contributed by atoms with Crippen LogP contribution in [0.1, 0.15) is 15.9 Å². The van der Waals surface area contributed by atoms with Crippen LogP contribution in [0, 0.1) is 6.92 Å². The lowest BCUT2D eigenvalue weighted by Gasteiger charge is -2.08. The van der Waals surface area contributed by atoms with Crippen LogP contribution in [0.15, 0.2) is 88.8 Å². The summed E-state index contributed by atoms with van der Waals surface area (Å²) in [6, 6.07) is 24.4. The van der Waals surface area contributed by atoms with E-state index in [-0.39, 0.29) is 5.91 Å². The van der Waals surface area contributed by atoms with E-state index in [1.54, 1.807) is 28.9 Å². The fraction of sp³-hybridized carbons (Fsp3) is 0.0435. The highest BCUT2D eigenvalue weighted by Gasteiger charge is 2.20. The standard InChI is InChI=1S/C23H19ClN4OS/c1-15-7-13-19(14-8-15)30-23-20(26-22(29)16-9-11-17(24)12-10-16)21(25)28(27-23)18-5-3-2-4-6-18/h2-14H,25H2,1H3,(H,26,29). The number of nitrogens with zero attached hydrogens (tertiary/aromatic N) is 2. The number of hydrogen-bond acceptors (Lipinski definition) is 4. The minimum atomic E-state index is -0.281. The number of nitrogens with two attached hydrogens (primary N) is 1. The number of amides is 1. The molecule has 0 bridgehead atoms. The third-order valence-electron chi connectivity index (χ3n) is 4.47. The average molecular weight is 435 g/mol. The molecule has 30 heavy (non-hydrogen) atoms. The monoisotopic (exact) mass is 434 g/mol. The summed E-state index contributed by atoms with van der Waals surface area (Å²) < 4.78 is 1.63. The van der Waals surface area contributed by atoms with Crippen LogP contribution in [-0.2, 0) is 0 Å². The van der Waals surface area contributed by atoms with Gasteiger partial charge in [-0.1, -0.05) is 59.3 Å². The molecule has 3 N–H and O–H groups in total.